The molecule has 0 unspecified atom stereocenters. The van der Waals surface area contributed by atoms with Gasteiger partial charge in [0.1, 0.15) is 5.75 Å². The first-order chi connectivity index (χ1) is 6.31. The van der Waals surface area contributed by atoms with Crippen molar-refractivity contribution in [2.75, 3.05) is 0 Å². The summed E-state index contributed by atoms with van der Waals surface area (Å²) in [4.78, 5) is 4.22. The molecule has 0 amide bonds. The van der Waals surface area contributed by atoms with Crippen LogP contribution in [0.1, 0.15) is 12.5 Å². The van der Waals surface area contributed by atoms with Gasteiger partial charge in [0.05, 0.1) is 5.52 Å². The van der Waals surface area contributed by atoms with Crippen LogP contribution in [0, 0.1) is 0 Å². The number of aromatic hydroxyl groups is 1. The Morgan fingerprint density at radius 3 is 2.92 bits per heavy atom. The summed E-state index contributed by atoms with van der Waals surface area (Å²) >= 11 is 0. The number of hydrogen-bond donors (Lipinski definition) is 1. The third-order valence-corrected chi connectivity index (χ3v) is 2.20. The number of aromatic nitrogens is 1. The second kappa shape index (κ2) is 3.05. The Morgan fingerprint density at radius 2 is 2.15 bits per heavy atom. The van der Waals surface area contributed by atoms with Crippen LogP contribution in [0.25, 0.3) is 10.9 Å². The average molecular weight is 173 g/mol. The molecule has 13 heavy (non-hydrogen) atoms. The van der Waals surface area contributed by atoms with Crippen LogP contribution in [0.4, 0.5) is 0 Å². The van der Waals surface area contributed by atoms with Crippen molar-refractivity contribution in [3.8, 4) is 5.75 Å². The number of pyridine rings is 1. The van der Waals surface area contributed by atoms with E-state index in [1.54, 1.807) is 18.3 Å². The predicted molar refractivity (Wildman–Crippen MR) is 52.8 cm³/mol. The van der Waals surface area contributed by atoms with Crippen LogP contribution in [-0.2, 0) is 6.42 Å². The summed E-state index contributed by atoms with van der Waals surface area (Å²) in [7, 11) is 0. The Bertz CT molecular complexity index is 437. The molecule has 0 saturated carbocycles. The van der Waals surface area contributed by atoms with Gasteiger partial charge in [0, 0.05) is 11.6 Å². The molecule has 2 aromatic rings. The van der Waals surface area contributed by atoms with Crippen molar-refractivity contribution >= 4 is 10.9 Å². The lowest BCUT2D eigenvalue weighted by Crippen LogP contribution is -1.85. The molecular formula is C11H11NO. The van der Waals surface area contributed by atoms with Gasteiger partial charge in [-0.2, -0.15) is 0 Å². The lowest BCUT2D eigenvalue weighted by Gasteiger charge is -2.02. The van der Waals surface area contributed by atoms with Crippen molar-refractivity contribution in [1.29, 1.82) is 0 Å². The minimum Gasteiger partial charge on any atom is -0.508 e. The molecule has 0 atom stereocenters. The molecule has 2 rings (SSSR count). The van der Waals surface area contributed by atoms with Crippen LogP contribution in [0.3, 0.4) is 0 Å². The van der Waals surface area contributed by atoms with Crippen LogP contribution in [0.2, 0.25) is 0 Å². The molecule has 2 nitrogen and oxygen atoms in total. The minimum absolute atomic E-state index is 0.301. The van der Waals surface area contributed by atoms with E-state index in [0.29, 0.717) is 5.75 Å². The molecule has 1 N–H and O–H groups in total. The van der Waals surface area contributed by atoms with Crippen molar-refractivity contribution in [2.24, 2.45) is 0 Å². The number of fused-ring (bicyclic) bond motifs is 1. The Balaban J connectivity index is 2.79. The van der Waals surface area contributed by atoms with Crippen molar-refractivity contribution < 1.29 is 5.11 Å². The highest BCUT2D eigenvalue weighted by atomic mass is 16.3. The molecule has 0 bridgehead atoms. The molecule has 66 valence electrons. The van der Waals surface area contributed by atoms with Crippen LogP contribution < -0.4 is 0 Å². The standard InChI is InChI=1S/C11H11NO/c1-2-8-5-6-12-11-4-3-9(13)7-10(8)11/h3-7,13H,2H2,1H3. The summed E-state index contributed by atoms with van der Waals surface area (Å²) in [5.74, 6) is 0.301. The van der Waals surface area contributed by atoms with Gasteiger partial charge in [-0.1, -0.05) is 6.92 Å². The molecule has 1 heterocycles. The van der Waals surface area contributed by atoms with Gasteiger partial charge in [0.15, 0.2) is 0 Å². The number of aryl methyl sites for hydroxylation is 1. The number of phenolic OH excluding ortho intramolecular Hbond substituents is 1. The first-order valence-corrected chi connectivity index (χ1v) is 4.38. The second-order valence-corrected chi connectivity index (χ2v) is 3.03. The number of phenols is 1. The van der Waals surface area contributed by atoms with E-state index in [2.05, 4.69) is 11.9 Å². The second-order valence-electron chi connectivity index (χ2n) is 3.03. The van der Waals surface area contributed by atoms with E-state index in [0.717, 1.165) is 17.3 Å². The zero-order valence-corrected chi connectivity index (χ0v) is 7.49. The van der Waals surface area contributed by atoms with Crippen molar-refractivity contribution in [3.63, 3.8) is 0 Å². The maximum absolute atomic E-state index is 9.32. The Kier molecular flexibility index (Phi) is 1.89. The molecule has 1 aromatic carbocycles. The van der Waals surface area contributed by atoms with E-state index in [4.69, 9.17) is 0 Å². The van der Waals surface area contributed by atoms with E-state index in [-0.39, 0.29) is 0 Å². The van der Waals surface area contributed by atoms with Crippen LogP contribution in [0.5, 0.6) is 5.75 Å². The van der Waals surface area contributed by atoms with Gasteiger partial charge in [0.2, 0.25) is 0 Å². The van der Waals surface area contributed by atoms with Gasteiger partial charge >= 0.3 is 0 Å². The first-order valence-electron chi connectivity index (χ1n) is 4.38. The Labute approximate surface area is 76.9 Å². The summed E-state index contributed by atoms with van der Waals surface area (Å²) < 4.78 is 0. The normalized spacial score (nSPS) is 10.5. The molecule has 0 aliphatic carbocycles. The van der Waals surface area contributed by atoms with Crippen molar-refractivity contribution in [1.82, 2.24) is 4.98 Å². The van der Waals surface area contributed by atoms with Crippen molar-refractivity contribution in [2.45, 2.75) is 13.3 Å². The number of rotatable bonds is 1. The smallest absolute Gasteiger partial charge is 0.116 e. The van der Waals surface area contributed by atoms with Gasteiger partial charge in [-0.3, -0.25) is 4.98 Å². The summed E-state index contributed by atoms with van der Waals surface area (Å²) in [5.41, 5.74) is 2.16. The fourth-order valence-corrected chi connectivity index (χ4v) is 1.50. The Hall–Kier alpha value is -1.57. The lowest BCUT2D eigenvalue weighted by molar-refractivity contribution is 0.476. The number of benzene rings is 1. The monoisotopic (exact) mass is 173 g/mol. The van der Waals surface area contributed by atoms with Gasteiger partial charge in [0.25, 0.3) is 0 Å². The minimum atomic E-state index is 0.301. The molecule has 0 saturated heterocycles. The summed E-state index contributed by atoms with van der Waals surface area (Å²) in [5, 5.41) is 10.4. The highest BCUT2D eigenvalue weighted by molar-refractivity contribution is 5.83. The van der Waals surface area contributed by atoms with E-state index in [9.17, 15) is 5.11 Å². The molecular weight excluding hydrogens is 162 g/mol. The molecule has 0 aliphatic rings. The summed E-state index contributed by atoms with van der Waals surface area (Å²) in [6.07, 6.45) is 2.76. The van der Waals surface area contributed by atoms with E-state index in [1.807, 2.05) is 12.1 Å². The fourth-order valence-electron chi connectivity index (χ4n) is 1.50. The van der Waals surface area contributed by atoms with E-state index in [1.165, 1.54) is 5.56 Å². The third kappa shape index (κ3) is 1.35. The molecule has 2 heteroatoms. The fraction of sp³-hybridized carbons (Fsp3) is 0.182. The summed E-state index contributed by atoms with van der Waals surface area (Å²) in [6.45, 7) is 2.10. The SMILES string of the molecule is CCc1ccnc2ccc(O)cc12. The topological polar surface area (TPSA) is 33.1 Å². The first kappa shape index (κ1) is 8.05. The highest BCUT2D eigenvalue weighted by Crippen LogP contribution is 2.21. The maximum atomic E-state index is 9.32. The van der Waals surface area contributed by atoms with Crippen LogP contribution >= 0.6 is 0 Å². The molecule has 0 radical (unpaired) electrons. The average Bonchev–Trinajstić information content (AvgIpc) is 2.17. The zero-order chi connectivity index (χ0) is 9.26. The molecule has 0 aliphatic heterocycles. The molecule has 0 spiro atoms. The van der Waals surface area contributed by atoms with Crippen LogP contribution in [-0.4, -0.2) is 10.1 Å². The van der Waals surface area contributed by atoms with Gasteiger partial charge in [-0.05, 0) is 36.2 Å². The van der Waals surface area contributed by atoms with Gasteiger partial charge in [-0.25, -0.2) is 0 Å². The van der Waals surface area contributed by atoms with E-state index >= 15 is 0 Å². The molecule has 0 fully saturated rings. The quantitative estimate of drug-likeness (QED) is 0.718. The van der Waals surface area contributed by atoms with Gasteiger partial charge in [-0.15, -0.1) is 0 Å². The predicted octanol–water partition coefficient (Wildman–Crippen LogP) is 2.50. The molecule has 1 aromatic heterocycles. The third-order valence-electron chi connectivity index (χ3n) is 2.20. The maximum Gasteiger partial charge on any atom is 0.116 e. The van der Waals surface area contributed by atoms with E-state index < -0.39 is 0 Å². The number of hydrogen-bond acceptors (Lipinski definition) is 2. The Morgan fingerprint density at radius 1 is 1.31 bits per heavy atom. The zero-order valence-electron chi connectivity index (χ0n) is 7.49. The van der Waals surface area contributed by atoms with Crippen molar-refractivity contribution in [3.05, 3.63) is 36.0 Å². The lowest BCUT2D eigenvalue weighted by atomic mass is 10.1. The van der Waals surface area contributed by atoms with Crippen LogP contribution in [0.15, 0.2) is 30.5 Å². The summed E-state index contributed by atoms with van der Waals surface area (Å²) in [6, 6.07) is 7.25. The largest absolute Gasteiger partial charge is 0.508 e. The highest BCUT2D eigenvalue weighted by Gasteiger charge is 2.00. The number of nitrogens with zero attached hydrogens (tertiary/aromatic N) is 1. The van der Waals surface area contributed by atoms with Gasteiger partial charge < -0.3 is 5.11 Å².